The molecule has 0 unspecified atom stereocenters. The van der Waals surface area contributed by atoms with E-state index in [1.165, 1.54) is 11.8 Å². The quantitative estimate of drug-likeness (QED) is 0.780. The third-order valence-corrected chi connectivity index (χ3v) is 4.82. The summed E-state index contributed by atoms with van der Waals surface area (Å²) in [5.41, 5.74) is 0.949. The zero-order valence-electron chi connectivity index (χ0n) is 12.8. The maximum atomic E-state index is 12.1. The lowest BCUT2D eigenvalue weighted by atomic mass is 10.2. The summed E-state index contributed by atoms with van der Waals surface area (Å²) in [5, 5.41) is 0.826. The topological polar surface area (TPSA) is 45.1 Å². The van der Waals surface area contributed by atoms with Crippen molar-refractivity contribution in [3.8, 4) is 5.75 Å². The van der Waals surface area contributed by atoms with Crippen LogP contribution in [0, 0.1) is 0 Å². The molecule has 0 saturated carbocycles. The molecule has 0 radical (unpaired) electrons. The lowest BCUT2D eigenvalue weighted by molar-refractivity contribution is -0.113. The number of aliphatic imine (C=N–C) groups is 1. The number of thioether (sulfide) groups is 1. The fourth-order valence-corrected chi connectivity index (χ4v) is 3.38. The van der Waals surface area contributed by atoms with E-state index in [2.05, 4.69) is 21.8 Å². The van der Waals surface area contributed by atoms with Crippen molar-refractivity contribution in [3.63, 3.8) is 0 Å². The van der Waals surface area contributed by atoms with Crippen LogP contribution in [-0.4, -0.2) is 61.2 Å². The van der Waals surface area contributed by atoms with E-state index in [0.717, 1.165) is 42.7 Å². The first-order valence-electron chi connectivity index (χ1n) is 7.26. The van der Waals surface area contributed by atoms with E-state index in [-0.39, 0.29) is 5.91 Å². The Kier molecular flexibility index (Phi) is 4.49. The van der Waals surface area contributed by atoms with Gasteiger partial charge in [-0.25, -0.2) is 0 Å². The van der Waals surface area contributed by atoms with Crippen molar-refractivity contribution >= 4 is 28.9 Å². The third-order valence-electron chi connectivity index (χ3n) is 3.77. The van der Waals surface area contributed by atoms with Crippen molar-refractivity contribution in [2.24, 2.45) is 4.99 Å². The molecule has 0 bridgehead atoms. The number of carbonyl (C=O) groups excluding carboxylic acids is 1. The van der Waals surface area contributed by atoms with E-state index in [9.17, 15) is 4.79 Å². The number of likely N-dealkylation sites (N-methyl/N-ethyl adjacent to an activating group) is 1. The highest BCUT2D eigenvalue weighted by Gasteiger charge is 2.27. The van der Waals surface area contributed by atoms with Crippen molar-refractivity contribution in [1.29, 1.82) is 0 Å². The molecule has 6 heteroatoms. The maximum absolute atomic E-state index is 12.1. The second-order valence-corrected chi connectivity index (χ2v) is 6.39. The fraction of sp³-hybridized carbons (Fsp3) is 0.375. The van der Waals surface area contributed by atoms with Gasteiger partial charge in [-0.1, -0.05) is 12.1 Å². The number of nitrogens with zero attached hydrogens (tertiary/aromatic N) is 3. The number of ether oxygens (including phenoxy) is 1. The van der Waals surface area contributed by atoms with Crippen LogP contribution in [0.15, 0.2) is 34.2 Å². The molecule has 0 aliphatic carbocycles. The first-order chi connectivity index (χ1) is 10.7. The first kappa shape index (κ1) is 15.1. The van der Waals surface area contributed by atoms with Gasteiger partial charge in [0, 0.05) is 26.2 Å². The summed E-state index contributed by atoms with van der Waals surface area (Å²) in [6.45, 7) is 3.84. The first-order valence-corrected chi connectivity index (χ1v) is 8.07. The number of amidine groups is 1. The summed E-state index contributed by atoms with van der Waals surface area (Å²) >= 11 is 1.46. The van der Waals surface area contributed by atoms with Crippen LogP contribution in [0.3, 0.4) is 0 Å². The molecule has 2 heterocycles. The van der Waals surface area contributed by atoms with Gasteiger partial charge in [-0.05, 0) is 42.6 Å². The molecule has 0 atom stereocenters. The summed E-state index contributed by atoms with van der Waals surface area (Å²) < 4.78 is 5.21. The van der Waals surface area contributed by atoms with Crippen LogP contribution >= 0.6 is 11.8 Å². The molecule has 2 aliphatic heterocycles. The fourth-order valence-electron chi connectivity index (χ4n) is 2.41. The van der Waals surface area contributed by atoms with E-state index < -0.39 is 0 Å². The smallest absolute Gasteiger partial charge is 0.286 e. The summed E-state index contributed by atoms with van der Waals surface area (Å²) in [4.78, 5) is 21.5. The van der Waals surface area contributed by atoms with Gasteiger partial charge in [0.2, 0.25) is 0 Å². The van der Waals surface area contributed by atoms with Gasteiger partial charge in [-0.3, -0.25) is 4.79 Å². The van der Waals surface area contributed by atoms with Crippen LogP contribution in [0.2, 0.25) is 0 Å². The molecule has 3 rings (SSSR count). The number of piperazine rings is 1. The van der Waals surface area contributed by atoms with Gasteiger partial charge in [0.05, 0.1) is 12.0 Å². The van der Waals surface area contributed by atoms with Gasteiger partial charge >= 0.3 is 0 Å². The molecule has 1 aromatic rings. The van der Waals surface area contributed by atoms with Crippen LogP contribution in [0.5, 0.6) is 5.75 Å². The molecule has 0 N–H and O–H groups in total. The molecule has 5 nitrogen and oxygen atoms in total. The predicted octanol–water partition coefficient (Wildman–Crippen LogP) is 1.91. The van der Waals surface area contributed by atoms with Crippen LogP contribution in [-0.2, 0) is 4.79 Å². The minimum Gasteiger partial charge on any atom is -0.497 e. The van der Waals surface area contributed by atoms with Crippen molar-refractivity contribution < 1.29 is 9.53 Å². The summed E-state index contributed by atoms with van der Waals surface area (Å²) in [6.07, 6.45) is 1.88. The minimum atomic E-state index is -0.151. The zero-order valence-corrected chi connectivity index (χ0v) is 13.6. The Morgan fingerprint density at radius 2 is 2.05 bits per heavy atom. The Hall–Kier alpha value is -1.79. The standard InChI is InChI=1S/C16H19N3O2S/c1-18-6-8-19(9-7-18)16-17-15(20)14(22-16)11-12-4-3-5-13(10-12)21-2/h3-5,10-11H,6-9H2,1-2H3/b14-11+. The minimum absolute atomic E-state index is 0.151. The van der Waals surface area contributed by atoms with E-state index >= 15 is 0 Å². The third kappa shape index (κ3) is 3.34. The van der Waals surface area contributed by atoms with Crippen molar-refractivity contribution in [1.82, 2.24) is 9.80 Å². The Morgan fingerprint density at radius 3 is 2.77 bits per heavy atom. The Morgan fingerprint density at radius 1 is 1.27 bits per heavy atom. The number of methoxy groups -OCH3 is 1. The van der Waals surface area contributed by atoms with Crippen molar-refractivity contribution in [2.75, 3.05) is 40.3 Å². The average Bonchev–Trinajstić information content (AvgIpc) is 2.89. The highest BCUT2D eigenvalue weighted by Crippen LogP contribution is 2.31. The molecule has 2 aliphatic rings. The number of amides is 1. The molecule has 22 heavy (non-hydrogen) atoms. The number of rotatable bonds is 2. The van der Waals surface area contributed by atoms with Crippen LogP contribution in [0.4, 0.5) is 0 Å². The van der Waals surface area contributed by atoms with Gasteiger partial charge in [0.1, 0.15) is 5.75 Å². The molecule has 0 spiro atoms. The highest BCUT2D eigenvalue weighted by atomic mass is 32.2. The molecular weight excluding hydrogens is 298 g/mol. The number of hydrogen-bond acceptors (Lipinski definition) is 5. The van der Waals surface area contributed by atoms with Crippen molar-refractivity contribution in [3.05, 3.63) is 34.7 Å². The van der Waals surface area contributed by atoms with Gasteiger partial charge in [0.25, 0.3) is 5.91 Å². The molecular formula is C16H19N3O2S. The van der Waals surface area contributed by atoms with Crippen LogP contribution in [0.1, 0.15) is 5.56 Å². The Labute approximate surface area is 134 Å². The number of carbonyl (C=O) groups is 1. The molecule has 1 fully saturated rings. The SMILES string of the molecule is COc1cccc(/C=C2/SC(N3CCN(C)CC3)=NC2=O)c1. The Balaban J connectivity index is 1.72. The van der Waals surface area contributed by atoms with Gasteiger partial charge in [0.15, 0.2) is 5.17 Å². The second kappa shape index (κ2) is 6.54. The monoisotopic (exact) mass is 317 g/mol. The van der Waals surface area contributed by atoms with E-state index in [1.807, 2.05) is 30.3 Å². The maximum Gasteiger partial charge on any atom is 0.286 e. The summed E-state index contributed by atoms with van der Waals surface area (Å²) in [5.74, 6) is 0.631. The molecule has 1 amide bonds. The Bertz CT molecular complexity index is 634. The molecule has 1 saturated heterocycles. The summed E-state index contributed by atoms with van der Waals surface area (Å²) in [6, 6.07) is 7.67. The van der Waals surface area contributed by atoms with Crippen LogP contribution in [0.25, 0.3) is 6.08 Å². The molecule has 116 valence electrons. The number of hydrogen-bond donors (Lipinski definition) is 0. The summed E-state index contributed by atoms with van der Waals surface area (Å²) in [7, 11) is 3.75. The van der Waals surface area contributed by atoms with Gasteiger partial charge in [-0.2, -0.15) is 4.99 Å². The van der Waals surface area contributed by atoms with E-state index in [4.69, 9.17) is 4.74 Å². The molecule has 1 aromatic carbocycles. The lowest BCUT2D eigenvalue weighted by Crippen LogP contribution is -2.46. The lowest BCUT2D eigenvalue weighted by Gasteiger charge is -2.32. The van der Waals surface area contributed by atoms with E-state index in [1.54, 1.807) is 7.11 Å². The van der Waals surface area contributed by atoms with Gasteiger partial charge in [-0.15, -0.1) is 0 Å². The van der Waals surface area contributed by atoms with Gasteiger partial charge < -0.3 is 14.5 Å². The normalized spacial score (nSPS) is 21.4. The van der Waals surface area contributed by atoms with E-state index in [0.29, 0.717) is 4.91 Å². The zero-order chi connectivity index (χ0) is 15.5. The second-order valence-electron chi connectivity index (χ2n) is 5.38. The highest BCUT2D eigenvalue weighted by molar-refractivity contribution is 8.18. The molecule has 0 aromatic heterocycles. The average molecular weight is 317 g/mol. The van der Waals surface area contributed by atoms with Crippen LogP contribution < -0.4 is 4.74 Å². The predicted molar refractivity (Wildman–Crippen MR) is 90.1 cm³/mol. The van der Waals surface area contributed by atoms with Crippen molar-refractivity contribution in [2.45, 2.75) is 0 Å². The number of benzene rings is 1. The largest absolute Gasteiger partial charge is 0.497 e.